The average Bonchev–Trinajstić information content (AvgIpc) is 3.46. The lowest BCUT2D eigenvalue weighted by Crippen LogP contribution is -2.35. The average molecular weight is 446 g/mol. The molecule has 2 amide bonds. The van der Waals surface area contributed by atoms with Gasteiger partial charge in [0.1, 0.15) is 0 Å². The fourth-order valence-corrected chi connectivity index (χ4v) is 4.60. The van der Waals surface area contributed by atoms with Gasteiger partial charge < -0.3 is 15.0 Å². The van der Waals surface area contributed by atoms with Crippen LogP contribution in [0.15, 0.2) is 42.6 Å². The standard InChI is InChI=1S/C25H27N5O3/c1-16-12-20(6-9-26-16)27-25(32)19-5-3-4-18(13-19)24-22-14-29(17(2)31)10-7-23(22)30(28-24)21-8-11-33-15-21/h3-6,9,12-13,21H,7-8,10-11,14-15H2,1-2H3,(H,26,27,32). The first-order valence-electron chi connectivity index (χ1n) is 11.3. The Morgan fingerprint density at radius 3 is 2.85 bits per heavy atom. The van der Waals surface area contributed by atoms with Crippen molar-refractivity contribution in [2.75, 3.05) is 25.1 Å². The van der Waals surface area contributed by atoms with Crippen molar-refractivity contribution in [3.63, 3.8) is 0 Å². The molecule has 2 aromatic heterocycles. The predicted octanol–water partition coefficient (Wildman–Crippen LogP) is 3.37. The number of anilines is 1. The molecule has 8 heteroatoms. The summed E-state index contributed by atoms with van der Waals surface area (Å²) in [6.07, 6.45) is 3.37. The number of nitrogens with one attached hydrogen (secondary N) is 1. The number of amides is 2. The van der Waals surface area contributed by atoms with Gasteiger partial charge in [-0.25, -0.2) is 0 Å². The van der Waals surface area contributed by atoms with Gasteiger partial charge in [-0.2, -0.15) is 5.10 Å². The van der Waals surface area contributed by atoms with E-state index < -0.39 is 0 Å². The van der Waals surface area contributed by atoms with E-state index in [1.54, 1.807) is 25.3 Å². The summed E-state index contributed by atoms with van der Waals surface area (Å²) in [6.45, 7) is 6.09. The molecular weight excluding hydrogens is 418 g/mol. The third-order valence-corrected chi connectivity index (χ3v) is 6.34. The summed E-state index contributed by atoms with van der Waals surface area (Å²) in [4.78, 5) is 31.0. The van der Waals surface area contributed by atoms with Crippen LogP contribution in [0.4, 0.5) is 5.69 Å². The van der Waals surface area contributed by atoms with Crippen LogP contribution in [0.5, 0.6) is 0 Å². The van der Waals surface area contributed by atoms with Crippen LogP contribution >= 0.6 is 0 Å². The van der Waals surface area contributed by atoms with Crippen molar-refractivity contribution in [2.24, 2.45) is 0 Å². The number of aryl methyl sites for hydroxylation is 1. The SMILES string of the molecule is CC(=O)N1CCc2c(c(-c3cccc(C(=O)Nc4ccnc(C)c4)c3)nn2C2CCOC2)C1. The highest BCUT2D eigenvalue weighted by atomic mass is 16.5. The molecule has 4 heterocycles. The van der Waals surface area contributed by atoms with Crippen LogP contribution in [0.3, 0.4) is 0 Å². The van der Waals surface area contributed by atoms with Crippen LogP contribution in [0.2, 0.25) is 0 Å². The fourth-order valence-electron chi connectivity index (χ4n) is 4.60. The van der Waals surface area contributed by atoms with Crippen molar-refractivity contribution >= 4 is 17.5 Å². The zero-order valence-electron chi connectivity index (χ0n) is 18.9. The Balaban J connectivity index is 1.50. The van der Waals surface area contributed by atoms with Gasteiger partial charge in [-0.05, 0) is 37.6 Å². The van der Waals surface area contributed by atoms with Crippen molar-refractivity contribution in [1.29, 1.82) is 0 Å². The normalized spacial score (nSPS) is 17.6. The first kappa shape index (κ1) is 21.3. The van der Waals surface area contributed by atoms with E-state index in [2.05, 4.69) is 15.0 Å². The summed E-state index contributed by atoms with van der Waals surface area (Å²) < 4.78 is 7.71. The summed E-state index contributed by atoms with van der Waals surface area (Å²) in [6, 6.07) is 11.3. The zero-order chi connectivity index (χ0) is 22.9. The van der Waals surface area contributed by atoms with Crippen molar-refractivity contribution in [3.8, 4) is 11.3 Å². The van der Waals surface area contributed by atoms with Crippen LogP contribution in [-0.4, -0.2) is 51.2 Å². The minimum atomic E-state index is -0.190. The highest BCUT2D eigenvalue weighted by Gasteiger charge is 2.30. The van der Waals surface area contributed by atoms with Gasteiger partial charge in [-0.15, -0.1) is 0 Å². The quantitative estimate of drug-likeness (QED) is 0.665. The molecule has 2 aliphatic rings. The van der Waals surface area contributed by atoms with Gasteiger partial charge in [-0.1, -0.05) is 12.1 Å². The number of benzene rings is 1. The Kier molecular flexibility index (Phi) is 5.68. The highest BCUT2D eigenvalue weighted by Crippen LogP contribution is 2.34. The van der Waals surface area contributed by atoms with Crippen LogP contribution in [-0.2, 0) is 22.5 Å². The molecule has 5 rings (SSSR count). The zero-order valence-corrected chi connectivity index (χ0v) is 18.9. The number of pyridine rings is 1. The second-order valence-electron chi connectivity index (χ2n) is 8.65. The third-order valence-electron chi connectivity index (χ3n) is 6.34. The number of aromatic nitrogens is 3. The van der Waals surface area contributed by atoms with Crippen LogP contribution < -0.4 is 5.32 Å². The Hall–Kier alpha value is -3.52. The Morgan fingerprint density at radius 1 is 1.21 bits per heavy atom. The van der Waals surface area contributed by atoms with Gasteiger partial charge in [0, 0.05) is 73.0 Å². The molecule has 2 aliphatic heterocycles. The largest absolute Gasteiger partial charge is 0.379 e. The van der Waals surface area contributed by atoms with Crippen LogP contribution in [0.25, 0.3) is 11.3 Å². The number of rotatable bonds is 4. The maximum atomic E-state index is 12.9. The van der Waals surface area contributed by atoms with Gasteiger partial charge in [0.25, 0.3) is 5.91 Å². The second-order valence-corrected chi connectivity index (χ2v) is 8.65. The van der Waals surface area contributed by atoms with E-state index >= 15 is 0 Å². The minimum absolute atomic E-state index is 0.0596. The molecular formula is C25H27N5O3. The number of ether oxygens (including phenoxy) is 1. The molecule has 3 aromatic rings. The lowest BCUT2D eigenvalue weighted by atomic mass is 9.99. The number of hydrogen-bond donors (Lipinski definition) is 1. The third kappa shape index (κ3) is 4.26. The van der Waals surface area contributed by atoms with Gasteiger partial charge in [0.15, 0.2) is 0 Å². The van der Waals surface area contributed by atoms with E-state index in [1.807, 2.05) is 36.1 Å². The Morgan fingerprint density at radius 2 is 2.09 bits per heavy atom. The van der Waals surface area contributed by atoms with Gasteiger partial charge >= 0.3 is 0 Å². The van der Waals surface area contributed by atoms with Crippen molar-refractivity contribution in [2.45, 2.75) is 39.3 Å². The predicted molar refractivity (Wildman–Crippen MR) is 124 cm³/mol. The number of carbonyl (C=O) groups is 2. The molecule has 0 saturated carbocycles. The Bertz CT molecular complexity index is 1210. The van der Waals surface area contributed by atoms with Crippen molar-refractivity contribution < 1.29 is 14.3 Å². The molecule has 1 N–H and O–H groups in total. The lowest BCUT2D eigenvalue weighted by Gasteiger charge is -2.27. The van der Waals surface area contributed by atoms with Crippen molar-refractivity contribution in [1.82, 2.24) is 19.7 Å². The lowest BCUT2D eigenvalue weighted by molar-refractivity contribution is -0.129. The molecule has 1 aromatic carbocycles. The molecule has 0 bridgehead atoms. The maximum absolute atomic E-state index is 12.9. The Labute approximate surface area is 192 Å². The number of nitrogens with zero attached hydrogens (tertiary/aromatic N) is 4. The molecule has 1 saturated heterocycles. The first-order chi connectivity index (χ1) is 16.0. The topological polar surface area (TPSA) is 89.4 Å². The van der Waals surface area contributed by atoms with E-state index in [0.717, 1.165) is 42.0 Å². The monoisotopic (exact) mass is 445 g/mol. The first-order valence-corrected chi connectivity index (χ1v) is 11.3. The number of carbonyl (C=O) groups excluding carboxylic acids is 2. The molecule has 1 fully saturated rings. The summed E-state index contributed by atoms with van der Waals surface area (Å²) in [5.41, 5.74) is 6.02. The second kappa shape index (κ2) is 8.78. The van der Waals surface area contributed by atoms with E-state index in [4.69, 9.17) is 9.84 Å². The summed E-state index contributed by atoms with van der Waals surface area (Å²) in [5, 5.41) is 7.93. The molecule has 33 heavy (non-hydrogen) atoms. The van der Waals surface area contributed by atoms with E-state index in [0.29, 0.717) is 30.9 Å². The summed E-state index contributed by atoms with van der Waals surface area (Å²) in [7, 11) is 0. The number of hydrogen-bond acceptors (Lipinski definition) is 5. The van der Waals surface area contributed by atoms with Gasteiger partial charge in [-0.3, -0.25) is 19.3 Å². The van der Waals surface area contributed by atoms with E-state index in [1.165, 1.54) is 5.69 Å². The molecule has 0 spiro atoms. The van der Waals surface area contributed by atoms with Crippen molar-refractivity contribution in [3.05, 3.63) is 65.1 Å². The van der Waals surface area contributed by atoms with E-state index in [-0.39, 0.29) is 17.9 Å². The number of fused-ring (bicyclic) bond motifs is 1. The molecule has 0 radical (unpaired) electrons. The van der Waals surface area contributed by atoms with Crippen LogP contribution in [0.1, 0.15) is 46.7 Å². The van der Waals surface area contributed by atoms with E-state index in [9.17, 15) is 9.59 Å². The minimum Gasteiger partial charge on any atom is -0.379 e. The van der Waals surface area contributed by atoms with Gasteiger partial charge in [0.2, 0.25) is 5.91 Å². The van der Waals surface area contributed by atoms with Crippen LogP contribution in [0, 0.1) is 6.92 Å². The highest BCUT2D eigenvalue weighted by molar-refractivity contribution is 6.05. The smallest absolute Gasteiger partial charge is 0.255 e. The molecule has 170 valence electrons. The molecule has 0 aliphatic carbocycles. The molecule has 8 nitrogen and oxygen atoms in total. The molecule has 1 atom stereocenters. The van der Waals surface area contributed by atoms with Gasteiger partial charge in [0.05, 0.1) is 18.3 Å². The molecule has 1 unspecified atom stereocenters. The summed E-state index contributed by atoms with van der Waals surface area (Å²) >= 11 is 0. The maximum Gasteiger partial charge on any atom is 0.255 e. The summed E-state index contributed by atoms with van der Waals surface area (Å²) in [5.74, 6) is -0.130. The fraction of sp³-hybridized carbons (Fsp3) is 0.360.